The minimum absolute atomic E-state index is 0.161. The lowest BCUT2D eigenvalue weighted by Gasteiger charge is -2.05. The van der Waals surface area contributed by atoms with Crippen molar-refractivity contribution in [2.75, 3.05) is 0 Å². The first-order valence-electron chi connectivity index (χ1n) is 4.49. The summed E-state index contributed by atoms with van der Waals surface area (Å²) in [5, 5.41) is 9.59. The molecule has 2 heterocycles. The van der Waals surface area contributed by atoms with E-state index in [4.69, 9.17) is 40.1 Å². The average molecular weight is 285 g/mol. The summed E-state index contributed by atoms with van der Waals surface area (Å²) in [6.07, 6.45) is 3.01. The number of halogens is 3. The first kappa shape index (κ1) is 12.1. The second kappa shape index (κ2) is 4.89. The van der Waals surface area contributed by atoms with Crippen molar-refractivity contribution in [3.05, 3.63) is 45.3 Å². The zero-order valence-corrected chi connectivity index (χ0v) is 10.6. The fourth-order valence-electron chi connectivity index (χ4n) is 1.28. The Morgan fingerprint density at radius 1 is 1.06 bits per heavy atom. The number of pyridine rings is 2. The molecular weight excluding hydrogens is 281 g/mol. The lowest BCUT2D eigenvalue weighted by atomic mass is 10.1. The van der Waals surface area contributed by atoms with Gasteiger partial charge in [-0.25, -0.2) is 4.98 Å². The van der Waals surface area contributed by atoms with Crippen molar-refractivity contribution in [2.45, 2.75) is 0 Å². The lowest BCUT2D eigenvalue weighted by molar-refractivity contribution is 1.26. The van der Waals surface area contributed by atoms with E-state index >= 15 is 0 Å². The van der Waals surface area contributed by atoms with Gasteiger partial charge < -0.3 is 0 Å². The molecule has 0 saturated carbocycles. The Morgan fingerprint density at radius 3 is 2.53 bits per heavy atom. The molecule has 84 valence electrons. The maximum Gasteiger partial charge on any atom is 0.148 e. The molecule has 0 radical (unpaired) electrons. The van der Waals surface area contributed by atoms with Gasteiger partial charge in [0.25, 0.3) is 0 Å². The van der Waals surface area contributed by atoms with Gasteiger partial charge in [0.05, 0.1) is 21.3 Å². The normalized spacial score (nSPS) is 10.0. The molecule has 0 aliphatic heterocycles. The number of aromatic nitrogens is 2. The first-order valence-corrected chi connectivity index (χ1v) is 5.62. The molecule has 0 aromatic carbocycles. The van der Waals surface area contributed by atoms with Gasteiger partial charge in [-0.05, 0) is 12.1 Å². The van der Waals surface area contributed by atoms with Gasteiger partial charge >= 0.3 is 0 Å². The van der Waals surface area contributed by atoms with E-state index in [0.717, 1.165) is 0 Å². The summed E-state index contributed by atoms with van der Waals surface area (Å²) in [6, 6.07) is 5.13. The molecule has 0 aliphatic rings. The topological polar surface area (TPSA) is 49.6 Å². The summed E-state index contributed by atoms with van der Waals surface area (Å²) in [7, 11) is 0. The predicted octanol–water partition coefficient (Wildman–Crippen LogP) is 3.98. The first-order chi connectivity index (χ1) is 8.11. The Labute approximate surface area is 113 Å². The highest BCUT2D eigenvalue weighted by Gasteiger charge is 2.10. The van der Waals surface area contributed by atoms with Crippen LogP contribution in [0.15, 0.2) is 24.5 Å². The summed E-state index contributed by atoms with van der Waals surface area (Å²) < 4.78 is 0. The molecule has 2 rings (SSSR count). The van der Waals surface area contributed by atoms with Crippen LogP contribution >= 0.6 is 34.8 Å². The van der Waals surface area contributed by atoms with Gasteiger partial charge in [0.2, 0.25) is 0 Å². The molecule has 3 nitrogen and oxygen atoms in total. The van der Waals surface area contributed by atoms with Crippen LogP contribution in [0, 0.1) is 11.3 Å². The van der Waals surface area contributed by atoms with Crippen LogP contribution in [0.3, 0.4) is 0 Å². The molecule has 0 bridgehead atoms. The Balaban J connectivity index is 2.61. The summed E-state index contributed by atoms with van der Waals surface area (Å²) in [4.78, 5) is 8.00. The maximum atomic E-state index is 8.79. The quantitative estimate of drug-likeness (QED) is 0.744. The standard InChI is InChI=1S/C11H4Cl3N3/c12-8-2-9(13)11(14)17-10(8)7-1-6(3-15)4-16-5-7/h1-2,4-5H. The second-order valence-corrected chi connectivity index (χ2v) is 4.34. The van der Waals surface area contributed by atoms with E-state index in [1.165, 1.54) is 12.3 Å². The molecule has 0 atom stereocenters. The van der Waals surface area contributed by atoms with E-state index in [9.17, 15) is 0 Å². The summed E-state index contributed by atoms with van der Waals surface area (Å²) >= 11 is 17.6. The van der Waals surface area contributed by atoms with Gasteiger partial charge in [0.15, 0.2) is 0 Å². The van der Waals surface area contributed by atoms with Crippen LogP contribution in [0.2, 0.25) is 15.2 Å². The number of hydrogen-bond acceptors (Lipinski definition) is 3. The van der Waals surface area contributed by atoms with Crippen molar-refractivity contribution >= 4 is 34.8 Å². The van der Waals surface area contributed by atoms with Crippen LogP contribution in [0.4, 0.5) is 0 Å². The SMILES string of the molecule is N#Cc1cncc(-c2nc(Cl)c(Cl)cc2Cl)c1. The number of hydrogen-bond donors (Lipinski definition) is 0. The maximum absolute atomic E-state index is 8.79. The predicted molar refractivity (Wildman–Crippen MR) is 67.2 cm³/mol. The van der Waals surface area contributed by atoms with Gasteiger partial charge in [-0.15, -0.1) is 0 Å². The summed E-state index contributed by atoms with van der Waals surface area (Å²) in [5.41, 5.74) is 1.49. The Kier molecular flexibility index (Phi) is 3.49. The fourth-order valence-corrected chi connectivity index (χ4v) is 1.88. The highest BCUT2D eigenvalue weighted by molar-refractivity contribution is 6.42. The average Bonchev–Trinajstić information content (AvgIpc) is 2.34. The summed E-state index contributed by atoms with van der Waals surface area (Å²) in [6.45, 7) is 0. The van der Waals surface area contributed by atoms with Crippen molar-refractivity contribution in [3.8, 4) is 17.3 Å². The molecule has 0 fully saturated rings. The van der Waals surface area contributed by atoms with Gasteiger partial charge in [0, 0.05) is 18.0 Å². The second-order valence-electron chi connectivity index (χ2n) is 3.17. The zero-order chi connectivity index (χ0) is 12.4. The third-order valence-corrected chi connectivity index (χ3v) is 2.99. The molecule has 0 spiro atoms. The molecule has 6 heteroatoms. The van der Waals surface area contributed by atoms with Crippen LogP contribution in [-0.4, -0.2) is 9.97 Å². The Bertz CT molecular complexity index is 620. The monoisotopic (exact) mass is 283 g/mol. The molecular formula is C11H4Cl3N3. The number of nitrogens with zero attached hydrogens (tertiary/aromatic N) is 3. The van der Waals surface area contributed by atoms with Crippen molar-refractivity contribution in [1.82, 2.24) is 9.97 Å². The lowest BCUT2D eigenvalue weighted by Crippen LogP contribution is -1.89. The van der Waals surface area contributed by atoms with Crippen molar-refractivity contribution in [3.63, 3.8) is 0 Å². The van der Waals surface area contributed by atoms with Crippen molar-refractivity contribution in [1.29, 1.82) is 5.26 Å². The molecule has 0 unspecified atom stereocenters. The van der Waals surface area contributed by atoms with Crippen molar-refractivity contribution < 1.29 is 0 Å². The van der Waals surface area contributed by atoms with Crippen LogP contribution < -0.4 is 0 Å². The third kappa shape index (κ3) is 2.50. The van der Waals surface area contributed by atoms with E-state index in [2.05, 4.69) is 9.97 Å². The van der Waals surface area contributed by atoms with Gasteiger partial charge in [-0.3, -0.25) is 4.98 Å². The molecule has 0 aliphatic carbocycles. The Hall–Kier alpha value is -1.34. The van der Waals surface area contributed by atoms with Crippen LogP contribution in [0.25, 0.3) is 11.3 Å². The molecule has 0 amide bonds. The van der Waals surface area contributed by atoms with Crippen LogP contribution in [0.1, 0.15) is 5.56 Å². The molecule has 2 aromatic heterocycles. The van der Waals surface area contributed by atoms with E-state index in [0.29, 0.717) is 21.8 Å². The van der Waals surface area contributed by atoms with Gasteiger partial charge in [-0.1, -0.05) is 34.8 Å². The van der Waals surface area contributed by atoms with Gasteiger partial charge in [-0.2, -0.15) is 5.26 Å². The van der Waals surface area contributed by atoms with Crippen LogP contribution in [-0.2, 0) is 0 Å². The minimum atomic E-state index is 0.161. The Morgan fingerprint density at radius 2 is 1.82 bits per heavy atom. The zero-order valence-electron chi connectivity index (χ0n) is 8.28. The smallest absolute Gasteiger partial charge is 0.148 e. The molecule has 2 aromatic rings. The van der Waals surface area contributed by atoms with Crippen molar-refractivity contribution in [2.24, 2.45) is 0 Å². The minimum Gasteiger partial charge on any atom is -0.263 e. The van der Waals surface area contributed by atoms with E-state index in [1.54, 1.807) is 12.3 Å². The highest BCUT2D eigenvalue weighted by Crippen LogP contribution is 2.31. The summed E-state index contributed by atoms with van der Waals surface area (Å²) in [5.74, 6) is 0. The van der Waals surface area contributed by atoms with E-state index < -0.39 is 0 Å². The molecule has 0 saturated heterocycles. The largest absolute Gasteiger partial charge is 0.263 e. The third-order valence-electron chi connectivity index (χ3n) is 2.03. The van der Waals surface area contributed by atoms with Gasteiger partial charge in [0.1, 0.15) is 11.2 Å². The number of rotatable bonds is 1. The van der Waals surface area contributed by atoms with Crippen LogP contribution in [0.5, 0.6) is 0 Å². The number of nitriles is 1. The van der Waals surface area contributed by atoms with E-state index in [1.807, 2.05) is 6.07 Å². The highest BCUT2D eigenvalue weighted by atomic mass is 35.5. The fraction of sp³-hybridized carbons (Fsp3) is 0. The molecule has 17 heavy (non-hydrogen) atoms. The van der Waals surface area contributed by atoms with E-state index in [-0.39, 0.29) is 10.2 Å². The molecule has 0 N–H and O–H groups in total.